The summed E-state index contributed by atoms with van der Waals surface area (Å²) >= 11 is 6.17. The molecular formula is C14H19ClN6O. The highest BCUT2D eigenvalue weighted by atomic mass is 35.5. The van der Waals surface area contributed by atoms with Crippen molar-refractivity contribution in [3.05, 3.63) is 11.6 Å². The van der Waals surface area contributed by atoms with E-state index in [4.69, 9.17) is 16.3 Å². The molecule has 2 aliphatic rings. The number of hydrogen-bond donors (Lipinski definition) is 0. The zero-order chi connectivity index (χ0) is 15.1. The van der Waals surface area contributed by atoms with Crippen LogP contribution in [0.5, 0.6) is 0 Å². The number of anilines is 1. The molecule has 118 valence electrons. The summed E-state index contributed by atoms with van der Waals surface area (Å²) in [6.45, 7) is 4.65. The van der Waals surface area contributed by atoms with Crippen LogP contribution in [0.25, 0.3) is 11.2 Å². The maximum atomic E-state index is 6.17. The van der Waals surface area contributed by atoms with Crippen LogP contribution in [0.15, 0.2) is 6.33 Å². The summed E-state index contributed by atoms with van der Waals surface area (Å²) in [4.78, 5) is 17.9. The molecule has 2 saturated heterocycles. The first-order chi connectivity index (χ1) is 10.7. The van der Waals surface area contributed by atoms with Gasteiger partial charge >= 0.3 is 0 Å². The number of nitrogens with zero attached hydrogens (tertiary/aromatic N) is 6. The van der Waals surface area contributed by atoms with Crippen LogP contribution in [0.4, 0.5) is 5.82 Å². The van der Waals surface area contributed by atoms with Gasteiger partial charge < -0.3 is 14.5 Å². The second-order valence-corrected chi connectivity index (χ2v) is 6.24. The second-order valence-electron chi connectivity index (χ2n) is 5.90. The summed E-state index contributed by atoms with van der Waals surface area (Å²) in [6.07, 6.45) is 3.85. The summed E-state index contributed by atoms with van der Waals surface area (Å²) in [7, 11) is 2.13. The van der Waals surface area contributed by atoms with Crippen LogP contribution in [0.3, 0.4) is 0 Å². The Morgan fingerprint density at radius 2 is 2.05 bits per heavy atom. The number of piperazine rings is 1. The molecule has 0 bridgehead atoms. The molecular weight excluding hydrogens is 304 g/mol. The van der Waals surface area contributed by atoms with Crippen molar-refractivity contribution in [3.8, 4) is 0 Å². The van der Waals surface area contributed by atoms with Gasteiger partial charge in [-0.05, 0) is 31.5 Å². The number of aromatic nitrogens is 4. The van der Waals surface area contributed by atoms with E-state index >= 15 is 0 Å². The first kappa shape index (κ1) is 14.2. The highest BCUT2D eigenvalue weighted by Crippen LogP contribution is 2.30. The quantitative estimate of drug-likeness (QED) is 0.782. The molecule has 0 aliphatic carbocycles. The summed E-state index contributed by atoms with van der Waals surface area (Å²) in [5, 5.41) is 0.265. The van der Waals surface area contributed by atoms with Gasteiger partial charge in [0.2, 0.25) is 5.28 Å². The molecule has 0 saturated carbocycles. The predicted octanol–water partition coefficient (Wildman–Crippen LogP) is 1.54. The highest BCUT2D eigenvalue weighted by Gasteiger charge is 2.25. The maximum absolute atomic E-state index is 6.17. The van der Waals surface area contributed by atoms with Crippen molar-refractivity contribution in [2.45, 2.75) is 19.1 Å². The monoisotopic (exact) mass is 322 g/mol. The van der Waals surface area contributed by atoms with Crippen LogP contribution in [0.1, 0.15) is 19.1 Å². The van der Waals surface area contributed by atoms with Gasteiger partial charge in [0.1, 0.15) is 6.23 Å². The topological polar surface area (TPSA) is 59.3 Å². The Bertz CT molecular complexity index is 675. The molecule has 2 aromatic heterocycles. The molecule has 0 unspecified atom stereocenters. The third kappa shape index (κ3) is 2.43. The minimum Gasteiger partial charge on any atom is -0.358 e. The molecule has 0 radical (unpaired) electrons. The van der Waals surface area contributed by atoms with E-state index in [0.717, 1.165) is 62.6 Å². The summed E-state index contributed by atoms with van der Waals surface area (Å²) < 4.78 is 7.73. The van der Waals surface area contributed by atoms with Gasteiger partial charge in [0, 0.05) is 32.8 Å². The van der Waals surface area contributed by atoms with Crippen LogP contribution < -0.4 is 4.90 Å². The molecule has 2 aliphatic heterocycles. The number of imidazole rings is 1. The molecule has 0 aromatic carbocycles. The molecule has 7 nitrogen and oxygen atoms in total. The average molecular weight is 323 g/mol. The van der Waals surface area contributed by atoms with Crippen LogP contribution >= 0.6 is 11.6 Å². The number of fused-ring (bicyclic) bond motifs is 1. The Labute approximate surface area is 133 Å². The van der Waals surface area contributed by atoms with Crippen LogP contribution in [-0.4, -0.2) is 64.3 Å². The van der Waals surface area contributed by atoms with E-state index in [1.54, 1.807) is 6.33 Å². The minimum absolute atomic E-state index is 0.0105. The lowest BCUT2D eigenvalue weighted by atomic mass is 10.3. The van der Waals surface area contributed by atoms with Gasteiger partial charge in [0.05, 0.1) is 6.33 Å². The van der Waals surface area contributed by atoms with Gasteiger partial charge in [-0.3, -0.25) is 4.57 Å². The molecule has 4 heterocycles. The number of rotatable bonds is 2. The number of hydrogen-bond acceptors (Lipinski definition) is 6. The van der Waals surface area contributed by atoms with Gasteiger partial charge in [-0.2, -0.15) is 9.97 Å². The smallest absolute Gasteiger partial charge is 0.226 e. The van der Waals surface area contributed by atoms with E-state index in [1.807, 2.05) is 4.57 Å². The van der Waals surface area contributed by atoms with E-state index in [9.17, 15) is 0 Å². The fraction of sp³-hybridized carbons (Fsp3) is 0.643. The number of likely N-dealkylation sites (N-methyl/N-ethyl adjacent to an activating group) is 1. The van der Waals surface area contributed by atoms with Crippen molar-refractivity contribution in [1.29, 1.82) is 0 Å². The average Bonchev–Trinajstić information content (AvgIpc) is 3.15. The SMILES string of the molecule is CN1CCN(c2nc(Cl)nc3c2ncn3[C@H]2CCCO2)CC1. The fourth-order valence-electron chi connectivity index (χ4n) is 3.11. The largest absolute Gasteiger partial charge is 0.358 e. The lowest BCUT2D eigenvalue weighted by Crippen LogP contribution is -2.45. The van der Waals surface area contributed by atoms with Gasteiger partial charge in [0.25, 0.3) is 0 Å². The third-order valence-corrected chi connectivity index (χ3v) is 4.56. The van der Waals surface area contributed by atoms with E-state index in [1.165, 1.54) is 0 Å². The summed E-state index contributed by atoms with van der Waals surface area (Å²) in [5.74, 6) is 0.833. The van der Waals surface area contributed by atoms with Crippen molar-refractivity contribution < 1.29 is 4.74 Å². The molecule has 4 rings (SSSR count). The highest BCUT2D eigenvalue weighted by molar-refractivity contribution is 6.28. The molecule has 2 aromatic rings. The van der Waals surface area contributed by atoms with E-state index in [-0.39, 0.29) is 11.5 Å². The van der Waals surface area contributed by atoms with Gasteiger partial charge in [0.15, 0.2) is 17.0 Å². The molecule has 2 fully saturated rings. The predicted molar refractivity (Wildman–Crippen MR) is 84.3 cm³/mol. The summed E-state index contributed by atoms with van der Waals surface area (Å²) in [5.41, 5.74) is 1.57. The Balaban J connectivity index is 1.75. The Hall–Kier alpha value is -1.44. The maximum Gasteiger partial charge on any atom is 0.226 e. The number of ether oxygens (including phenoxy) is 1. The van der Waals surface area contributed by atoms with E-state index < -0.39 is 0 Å². The standard InChI is InChI=1S/C14H19ClN6O/c1-19-4-6-20(7-5-19)12-11-13(18-14(15)17-12)21(9-16-11)10-3-2-8-22-10/h9-10H,2-8H2,1H3/t10-/m1/s1. The normalized spacial score (nSPS) is 23.5. The molecule has 8 heteroatoms. The molecule has 22 heavy (non-hydrogen) atoms. The van der Waals surface area contributed by atoms with Crippen molar-refractivity contribution in [2.24, 2.45) is 0 Å². The molecule has 0 amide bonds. The zero-order valence-electron chi connectivity index (χ0n) is 12.6. The van der Waals surface area contributed by atoms with Crippen molar-refractivity contribution in [3.63, 3.8) is 0 Å². The van der Waals surface area contributed by atoms with E-state index in [2.05, 4.69) is 31.8 Å². The lowest BCUT2D eigenvalue weighted by Gasteiger charge is -2.33. The molecule has 0 N–H and O–H groups in total. The van der Waals surface area contributed by atoms with Crippen LogP contribution in [-0.2, 0) is 4.74 Å². The van der Waals surface area contributed by atoms with E-state index in [0.29, 0.717) is 0 Å². The zero-order valence-corrected chi connectivity index (χ0v) is 13.3. The second kappa shape index (κ2) is 5.64. The van der Waals surface area contributed by atoms with Crippen LogP contribution in [0.2, 0.25) is 5.28 Å². The number of halogens is 1. The lowest BCUT2D eigenvalue weighted by molar-refractivity contribution is 0.0593. The first-order valence-corrected chi connectivity index (χ1v) is 8.05. The first-order valence-electron chi connectivity index (χ1n) is 7.67. The fourth-order valence-corrected chi connectivity index (χ4v) is 3.27. The van der Waals surface area contributed by atoms with Gasteiger partial charge in [-0.1, -0.05) is 0 Å². The van der Waals surface area contributed by atoms with Crippen molar-refractivity contribution in [2.75, 3.05) is 44.7 Å². The Morgan fingerprint density at radius 3 is 2.77 bits per heavy atom. The summed E-state index contributed by atoms with van der Waals surface area (Å²) in [6, 6.07) is 0. The molecule has 1 atom stereocenters. The molecule has 0 spiro atoms. The Morgan fingerprint density at radius 1 is 1.23 bits per heavy atom. The van der Waals surface area contributed by atoms with Gasteiger partial charge in [-0.25, -0.2) is 4.98 Å². The minimum atomic E-state index is 0.0105. The Kier molecular flexibility index (Phi) is 3.63. The van der Waals surface area contributed by atoms with Crippen molar-refractivity contribution >= 4 is 28.6 Å². The van der Waals surface area contributed by atoms with Gasteiger partial charge in [-0.15, -0.1) is 0 Å². The van der Waals surface area contributed by atoms with Crippen LogP contribution in [0, 0.1) is 0 Å². The third-order valence-electron chi connectivity index (χ3n) is 4.39. The van der Waals surface area contributed by atoms with Crippen molar-refractivity contribution in [1.82, 2.24) is 24.4 Å².